The average Bonchev–Trinajstić information content (AvgIpc) is 3.60. The fraction of sp³-hybridized carbons (Fsp3) is 0.217. The van der Waals surface area contributed by atoms with Gasteiger partial charge in [-0.2, -0.15) is 0 Å². The van der Waals surface area contributed by atoms with E-state index in [1.165, 1.54) is 30.2 Å². The number of carbonyl (C=O) groups is 2. The van der Waals surface area contributed by atoms with Gasteiger partial charge in [0.1, 0.15) is 16.3 Å². The molecule has 0 bridgehead atoms. The van der Waals surface area contributed by atoms with Gasteiger partial charge >= 0.3 is 5.97 Å². The molecule has 0 fully saturated rings. The van der Waals surface area contributed by atoms with Crippen molar-refractivity contribution in [1.82, 2.24) is 14.8 Å². The van der Waals surface area contributed by atoms with Crippen LogP contribution in [0.25, 0.3) is 22.7 Å². The predicted molar refractivity (Wildman–Crippen MR) is 138 cm³/mol. The average molecular weight is 577 g/mol. The fourth-order valence-corrected chi connectivity index (χ4v) is 5.41. The van der Waals surface area contributed by atoms with E-state index in [1.54, 1.807) is 19.2 Å². The Morgan fingerprint density at radius 3 is 2.57 bits per heavy atom. The molecule has 0 saturated carbocycles. The van der Waals surface area contributed by atoms with Crippen molar-refractivity contribution in [1.29, 1.82) is 0 Å². The summed E-state index contributed by atoms with van der Waals surface area (Å²) in [5, 5.41) is 14.1. The first kappa shape index (κ1) is 25.0. The van der Waals surface area contributed by atoms with Crippen LogP contribution in [-0.2, 0) is 16.1 Å². The lowest BCUT2D eigenvalue weighted by Crippen LogP contribution is -2.16. The first-order chi connectivity index (χ1) is 16.9. The lowest BCUT2D eigenvalue weighted by molar-refractivity contribution is -0.113. The number of halogens is 1. The molecule has 1 N–H and O–H groups in total. The lowest BCUT2D eigenvalue weighted by Gasteiger charge is -2.09. The molecule has 4 rings (SSSR count). The summed E-state index contributed by atoms with van der Waals surface area (Å²) in [7, 11) is 2.90. The van der Waals surface area contributed by atoms with Crippen LogP contribution in [0.5, 0.6) is 5.75 Å². The number of hydrogen-bond donors (Lipinski definition) is 1. The van der Waals surface area contributed by atoms with E-state index in [0.29, 0.717) is 49.8 Å². The quantitative estimate of drug-likeness (QED) is 0.203. The van der Waals surface area contributed by atoms with E-state index in [0.717, 1.165) is 5.56 Å². The van der Waals surface area contributed by atoms with Gasteiger partial charge in [0.15, 0.2) is 15.6 Å². The maximum absolute atomic E-state index is 12.8. The van der Waals surface area contributed by atoms with E-state index < -0.39 is 5.97 Å². The summed E-state index contributed by atoms with van der Waals surface area (Å²) < 4.78 is 18.2. The maximum Gasteiger partial charge on any atom is 0.341 e. The first-order valence-electron chi connectivity index (χ1n) is 10.4. The standard InChI is InChI=1S/C23H21BrN4O5S2/c1-4-28-20(16-9-10-17(24)33-16)26-27-23(28)35-12-18(29)25-21-19(22(30)32-3)15(11-34-21)13-5-7-14(31-2)8-6-13/h5-11H,4,12H2,1-3H3,(H,25,29). The number of nitrogens with one attached hydrogen (secondary N) is 1. The highest BCUT2D eigenvalue weighted by molar-refractivity contribution is 9.10. The molecule has 1 amide bonds. The van der Waals surface area contributed by atoms with Crippen LogP contribution in [0.15, 0.2) is 56.0 Å². The van der Waals surface area contributed by atoms with Crippen LogP contribution in [0.2, 0.25) is 0 Å². The SMILES string of the molecule is CCn1c(SCC(=O)Nc2scc(-c3ccc(OC)cc3)c2C(=O)OC)nnc1-c1ccc(Br)o1. The minimum absolute atomic E-state index is 0.0797. The second kappa shape index (κ2) is 11.1. The number of nitrogens with zero attached hydrogens (tertiary/aromatic N) is 3. The van der Waals surface area contributed by atoms with Gasteiger partial charge in [-0.05, 0) is 52.7 Å². The van der Waals surface area contributed by atoms with E-state index in [1.807, 2.05) is 41.1 Å². The van der Waals surface area contributed by atoms with E-state index in [4.69, 9.17) is 13.9 Å². The fourth-order valence-electron chi connectivity index (χ4n) is 3.33. The molecule has 0 atom stereocenters. The molecule has 3 heterocycles. The molecular weight excluding hydrogens is 556 g/mol. The van der Waals surface area contributed by atoms with Gasteiger partial charge in [-0.3, -0.25) is 9.36 Å². The van der Waals surface area contributed by atoms with Crippen molar-refractivity contribution in [2.24, 2.45) is 0 Å². The third kappa shape index (κ3) is 5.44. The van der Waals surface area contributed by atoms with Gasteiger partial charge in [-0.1, -0.05) is 23.9 Å². The summed E-state index contributed by atoms with van der Waals surface area (Å²) in [4.78, 5) is 25.3. The number of benzene rings is 1. The number of thioether (sulfide) groups is 1. The molecule has 9 nitrogen and oxygen atoms in total. The van der Waals surface area contributed by atoms with Crippen LogP contribution in [0.1, 0.15) is 17.3 Å². The number of aromatic nitrogens is 3. The number of amides is 1. The van der Waals surface area contributed by atoms with Crippen molar-refractivity contribution in [3.63, 3.8) is 0 Å². The van der Waals surface area contributed by atoms with Crippen molar-refractivity contribution in [3.05, 3.63) is 52.0 Å². The van der Waals surface area contributed by atoms with Crippen molar-refractivity contribution in [2.75, 3.05) is 25.3 Å². The Balaban J connectivity index is 1.50. The monoisotopic (exact) mass is 576 g/mol. The van der Waals surface area contributed by atoms with Crippen LogP contribution in [0.3, 0.4) is 0 Å². The summed E-state index contributed by atoms with van der Waals surface area (Å²) >= 11 is 5.80. The van der Waals surface area contributed by atoms with Gasteiger partial charge in [0, 0.05) is 17.5 Å². The number of anilines is 1. The first-order valence-corrected chi connectivity index (χ1v) is 13.1. The minimum Gasteiger partial charge on any atom is -0.497 e. The summed E-state index contributed by atoms with van der Waals surface area (Å²) in [6.45, 7) is 2.57. The molecule has 12 heteroatoms. The summed E-state index contributed by atoms with van der Waals surface area (Å²) in [5.74, 6) is 1.13. The van der Waals surface area contributed by atoms with E-state index >= 15 is 0 Å². The van der Waals surface area contributed by atoms with Gasteiger partial charge in [0.2, 0.25) is 11.7 Å². The molecule has 1 aromatic carbocycles. The Morgan fingerprint density at radius 2 is 1.94 bits per heavy atom. The lowest BCUT2D eigenvalue weighted by atomic mass is 10.0. The second-order valence-electron chi connectivity index (χ2n) is 7.06. The molecule has 3 aromatic heterocycles. The molecule has 0 radical (unpaired) electrons. The highest BCUT2D eigenvalue weighted by Crippen LogP contribution is 2.37. The maximum atomic E-state index is 12.8. The Labute approximate surface area is 218 Å². The molecule has 0 aliphatic rings. The highest BCUT2D eigenvalue weighted by atomic mass is 79.9. The molecule has 4 aromatic rings. The van der Waals surface area contributed by atoms with Crippen LogP contribution >= 0.6 is 39.0 Å². The topological polar surface area (TPSA) is 108 Å². The Kier molecular flexibility index (Phi) is 7.93. The number of ether oxygens (including phenoxy) is 2. The molecular formula is C23H21BrN4O5S2. The van der Waals surface area contributed by atoms with Crippen LogP contribution in [-0.4, -0.2) is 46.6 Å². The van der Waals surface area contributed by atoms with Crippen LogP contribution in [0.4, 0.5) is 5.00 Å². The van der Waals surface area contributed by atoms with Gasteiger partial charge < -0.3 is 19.2 Å². The van der Waals surface area contributed by atoms with E-state index in [-0.39, 0.29) is 11.7 Å². The Hall–Kier alpha value is -3.09. The Morgan fingerprint density at radius 1 is 1.17 bits per heavy atom. The highest BCUT2D eigenvalue weighted by Gasteiger charge is 2.23. The van der Waals surface area contributed by atoms with Gasteiger partial charge in [-0.15, -0.1) is 21.5 Å². The third-order valence-electron chi connectivity index (χ3n) is 4.99. The normalized spacial score (nSPS) is 10.9. The smallest absolute Gasteiger partial charge is 0.341 e. The third-order valence-corrected chi connectivity index (χ3v) is 7.28. The number of hydrogen-bond acceptors (Lipinski definition) is 9. The number of esters is 1. The molecule has 0 aliphatic carbocycles. The molecule has 0 saturated heterocycles. The molecule has 0 spiro atoms. The number of methoxy groups -OCH3 is 2. The number of rotatable bonds is 9. The van der Waals surface area contributed by atoms with Crippen LogP contribution < -0.4 is 10.1 Å². The number of thiophene rings is 1. The summed E-state index contributed by atoms with van der Waals surface area (Å²) in [6.07, 6.45) is 0. The summed E-state index contributed by atoms with van der Waals surface area (Å²) in [6, 6.07) is 10.9. The van der Waals surface area contributed by atoms with E-state index in [2.05, 4.69) is 31.4 Å². The zero-order valence-electron chi connectivity index (χ0n) is 19.0. The summed E-state index contributed by atoms with van der Waals surface area (Å²) in [5.41, 5.74) is 1.79. The molecule has 0 unspecified atom stereocenters. The Bertz CT molecular complexity index is 1350. The number of carbonyl (C=O) groups excluding carboxylic acids is 2. The zero-order chi connectivity index (χ0) is 24.9. The predicted octanol–water partition coefficient (Wildman–Crippen LogP) is 5.58. The molecule has 0 aliphatic heterocycles. The van der Waals surface area contributed by atoms with Crippen molar-refractivity contribution < 1.29 is 23.5 Å². The molecule has 182 valence electrons. The van der Waals surface area contributed by atoms with Gasteiger partial charge in [0.25, 0.3) is 0 Å². The minimum atomic E-state index is -0.528. The van der Waals surface area contributed by atoms with Gasteiger partial charge in [-0.25, -0.2) is 4.79 Å². The molecule has 35 heavy (non-hydrogen) atoms. The number of furan rings is 1. The van der Waals surface area contributed by atoms with E-state index in [9.17, 15) is 9.59 Å². The van der Waals surface area contributed by atoms with Crippen molar-refractivity contribution >= 4 is 55.9 Å². The van der Waals surface area contributed by atoms with Crippen LogP contribution in [0, 0.1) is 0 Å². The second-order valence-corrected chi connectivity index (χ2v) is 9.67. The zero-order valence-corrected chi connectivity index (χ0v) is 22.3. The largest absolute Gasteiger partial charge is 0.497 e. The van der Waals surface area contributed by atoms with Crippen molar-refractivity contribution in [3.8, 4) is 28.5 Å². The van der Waals surface area contributed by atoms with Crippen molar-refractivity contribution in [2.45, 2.75) is 18.6 Å². The van der Waals surface area contributed by atoms with Gasteiger partial charge in [0.05, 0.1) is 20.0 Å².